The van der Waals surface area contributed by atoms with E-state index in [-0.39, 0.29) is 6.04 Å². The zero-order chi connectivity index (χ0) is 15.5. The van der Waals surface area contributed by atoms with Crippen molar-refractivity contribution < 1.29 is 4.74 Å². The van der Waals surface area contributed by atoms with Crippen molar-refractivity contribution in [2.24, 2.45) is 4.99 Å². The van der Waals surface area contributed by atoms with Crippen molar-refractivity contribution in [3.8, 4) is 0 Å². The summed E-state index contributed by atoms with van der Waals surface area (Å²) in [6.45, 7) is 3.24. The van der Waals surface area contributed by atoms with E-state index >= 15 is 0 Å². The van der Waals surface area contributed by atoms with E-state index in [9.17, 15) is 0 Å². The van der Waals surface area contributed by atoms with Crippen LogP contribution in [0.15, 0.2) is 56.4 Å². The summed E-state index contributed by atoms with van der Waals surface area (Å²) in [6, 6.07) is 14.4. The van der Waals surface area contributed by atoms with E-state index < -0.39 is 0 Å². The van der Waals surface area contributed by atoms with Crippen LogP contribution >= 0.6 is 31.9 Å². The normalized spacial score (nSPS) is 18.0. The van der Waals surface area contributed by atoms with E-state index in [1.165, 1.54) is 11.1 Å². The van der Waals surface area contributed by atoms with Crippen LogP contribution in [0.1, 0.15) is 17.2 Å². The fourth-order valence-electron chi connectivity index (χ4n) is 2.46. The molecule has 1 N–H and O–H groups in total. The second-order valence-corrected chi connectivity index (χ2v) is 6.98. The van der Waals surface area contributed by atoms with E-state index in [0.29, 0.717) is 13.2 Å². The highest BCUT2D eigenvalue weighted by Gasteiger charge is 2.19. The molecule has 114 valence electrons. The Labute approximate surface area is 147 Å². The van der Waals surface area contributed by atoms with Gasteiger partial charge in [0.25, 0.3) is 0 Å². The van der Waals surface area contributed by atoms with Gasteiger partial charge in [-0.15, -0.1) is 0 Å². The van der Waals surface area contributed by atoms with Gasteiger partial charge in [0, 0.05) is 8.95 Å². The van der Waals surface area contributed by atoms with Crippen molar-refractivity contribution in [1.82, 2.24) is 0 Å². The Morgan fingerprint density at radius 3 is 2.77 bits per heavy atom. The number of hydrogen-bond donors (Lipinski definition) is 1. The topological polar surface area (TPSA) is 33.6 Å². The highest BCUT2D eigenvalue weighted by Crippen LogP contribution is 2.28. The molecule has 1 heterocycles. The lowest BCUT2D eigenvalue weighted by molar-refractivity contribution is 0.144. The number of amidine groups is 1. The van der Waals surface area contributed by atoms with Gasteiger partial charge in [-0.05, 0) is 52.2 Å². The first-order valence-electron chi connectivity index (χ1n) is 7.05. The summed E-state index contributed by atoms with van der Waals surface area (Å²) >= 11 is 7.01. The SMILES string of the molecule is Cc1ccccc1C1COCC(Nc2ccc(Br)cc2Br)=N1. The summed E-state index contributed by atoms with van der Waals surface area (Å²) in [4.78, 5) is 4.82. The van der Waals surface area contributed by atoms with Crippen LogP contribution in [0.2, 0.25) is 0 Å². The summed E-state index contributed by atoms with van der Waals surface area (Å²) in [5, 5.41) is 3.35. The van der Waals surface area contributed by atoms with Gasteiger partial charge in [-0.25, -0.2) is 0 Å². The number of nitrogens with one attached hydrogen (secondary N) is 1. The van der Waals surface area contributed by atoms with Gasteiger partial charge < -0.3 is 10.1 Å². The quantitative estimate of drug-likeness (QED) is 0.728. The van der Waals surface area contributed by atoms with Crippen molar-refractivity contribution >= 4 is 43.4 Å². The van der Waals surface area contributed by atoms with Gasteiger partial charge in [-0.1, -0.05) is 40.2 Å². The molecule has 1 atom stereocenters. The molecule has 0 spiro atoms. The molecule has 0 amide bonds. The molecule has 0 aromatic heterocycles. The maximum Gasteiger partial charge on any atom is 0.128 e. The number of rotatable bonds is 2. The van der Waals surface area contributed by atoms with Gasteiger partial charge in [0.05, 0.1) is 12.3 Å². The number of aryl methyl sites for hydroxylation is 1. The molecule has 5 heteroatoms. The van der Waals surface area contributed by atoms with Gasteiger partial charge in [0.15, 0.2) is 0 Å². The first kappa shape index (κ1) is 15.7. The number of anilines is 1. The van der Waals surface area contributed by atoms with E-state index in [1.54, 1.807) is 0 Å². The van der Waals surface area contributed by atoms with Crippen molar-refractivity contribution in [1.29, 1.82) is 0 Å². The third kappa shape index (κ3) is 3.59. The zero-order valence-corrected chi connectivity index (χ0v) is 15.3. The van der Waals surface area contributed by atoms with Crippen LogP contribution in [0, 0.1) is 6.92 Å². The molecule has 3 rings (SSSR count). The second kappa shape index (κ2) is 6.94. The van der Waals surface area contributed by atoms with Gasteiger partial charge in [0.1, 0.15) is 18.5 Å². The van der Waals surface area contributed by atoms with Crippen LogP contribution < -0.4 is 5.32 Å². The lowest BCUT2D eigenvalue weighted by Crippen LogP contribution is -2.27. The van der Waals surface area contributed by atoms with Crippen LogP contribution in [0.3, 0.4) is 0 Å². The van der Waals surface area contributed by atoms with Gasteiger partial charge in [-0.3, -0.25) is 4.99 Å². The number of hydrogen-bond acceptors (Lipinski definition) is 3. The standard InChI is InChI=1S/C17H16Br2N2O/c1-11-4-2-3-5-13(11)16-9-22-10-17(21-16)20-15-7-6-12(18)8-14(15)19/h2-8,16H,9-10H2,1H3,(H,20,21). The van der Waals surface area contributed by atoms with Crippen LogP contribution in [0.4, 0.5) is 5.69 Å². The van der Waals surface area contributed by atoms with Crippen molar-refractivity contribution in [3.63, 3.8) is 0 Å². The number of halogens is 2. The number of benzene rings is 2. The van der Waals surface area contributed by atoms with E-state index in [0.717, 1.165) is 20.5 Å². The molecule has 22 heavy (non-hydrogen) atoms. The van der Waals surface area contributed by atoms with Crippen molar-refractivity contribution in [2.75, 3.05) is 18.5 Å². The smallest absolute Gasteiger partial charge is 0.128 e. The fraction of sp³-hybridized carbons (Fsp3) is 0.235. The third-order valence-corrected chi connectivity index (χ3v) is 4.73. The molecule has 0 radical (unpaired) electrons. The van der Waals surface area contributed by atoms with Crippen LogP contribution in [-0.4, -0.2) is 19.0 Å². The van der Waals surface area contributed by atoms with E-state index in [1.807, 2.05) is 30.3 Å². The molecule has 0 saturated carbocycles. The molecule has 1 aliphatic heterocycles. The molecular formula is C17H16Br2N2O. The number of nitrogens with zero attached hydrogens (tertiary/aromatic N) is 1. The van der Waals surface area contributed by atoms with Gasteiger partial charge in [0.2, 0.25) is 0 Å². The third-order valence-electron chi connectivity index (χ3n) is 3.58. The van der Waals surface area contributed by atoms with Crippen molar-refractivity contribution in [2.45, 2.75) is 13.0 Å². The first-order chi connectivity index (χ1) is 10.6. The summed E-state index contributed by atoms with van der Waals surface area (Å²) < 4.78 is 7.74. The largest absolute Gasteiger partial charge is 0.371 e. The number of aliphatic imine (C=N–C) groups is 1. The zero-order valence-electron chi connectivity index (χ0n) is 12.1. The Morgan fingerprint density at radius 1 is 1.18 bits per heavy atom. The Bertz CT molecular complexity index is 716. The number of ether oxygens (including phenoxy) is 1. The molecule has 2 aromatic carbocycles. The Morgan fingerprint density at radius 2 is 2.00 bits per heavy atom. The summed E-state index contributed by atoms with van der Waals surface area (Å²) in [6.07, 6.45) is 0. The lowest BCUT2D eigenvalue weighted by atomic mass is 10.0. The maximum atomic E-state index is 5.72. The molecule has 0 aliphatic carbocycles. The van der Waals surface area contributed by atoms with Gasteiger partial charge >= 0.3 is 0 Å². The van der Waals surface area contributed by atoms with Crippen molar-refractivity contribution in [3.05, 3.63) is 62.5 Å². The Balaban J connectivity index is 1.83. The minimum absolute atomic E-state index is 0.0478. The fourth-order valence-corrected chi connectivity index (χ4v) is 3.61. The summed E-state index contributed by atoms with van der Waals surface area (Å²) in [7, 11) is 0. The summed E-state index contributed by atoms with van der Waals surface area (Å²) in [5.41, 5.74) is 3.44. The molecule has 3 nitrogen and oxygen atoms in total. The highest BCUT2D eigenvalue weighted by molar-refractivity contribution is 9.11. The average Bonchev–Trinajstić information content (AvgIpc) is 2.51. The molecule has 0 saturated heterocycles. The predicted octanol–water partition coefficient (Wildman–Crippen LogP) is 5.10. The molecule has 2 aromatic rings. The molecule has 0 fully saturated rings. The minimum atomic E-state index is 0.0478. The minimum Gasteiger partial charge on any atom is -0.371 e. The van der Waals surface area contributed by atoms with E-state index in [2.05, 4.69) is 56.2 Å². The second-order valence-electron chi connectivity index (χ2n) is 5.21. The van der Waals surface area contributed by atoms with Crippen LogP contribution in [0.25, 0.3) is 0 Å². The lowest BCUT2D eigenvalue weighted by Gasteiger charge is -2.23. The highest BCUT2D eigenvalue weighted by atomic mass is 79.9. The van der Waals surface area contributed by atoms with Crippen LogP contribution in [0.5, 0.6) is 0 Å². The monoisotopic (exact) mass is 422 g/mol. The molecule has 0 bridgehead atoms. The molecule has 1 aliphatic rings. The van der Waals surface area contributed by atoms with Gasteiger partial charge in [-0.2, -0.15) is 0 Å². The Hall–Kier alpha value is -1.17. The Kier molecular flexibility index (Phi) is 4.96. The molecule has 1 unspecified atom stereocenters. The molecular weight excluding hydrogens is 408 g/mol. The summed E-state index contributed by atoms with van der Waals surface area (Å²) in [5.74, 6) is 0.850. The average molecular weight is 424 g/mol. The maximum absolute atomic E-state index is 5.72. The van der Waals surface area contributed by atoms with E-state index in [4.69, 9.17) is 9.73 Å². The first-order valence-corrected chi connectivity index (χ1v) is 8.64. The van der Waals surface area contributed by atoms with Crippen LogP contribution in [-0.2, 0) is 4.74 Å². The predicted molar refractivity (Wildman–Crippen MR) is 97.6 cm³/mol.